The Bertz CT molecular complexity index is 1070. The Kier molecular flexibility index (Phi) is 4.55. The highest BCUT2D eigenvalue weighted by Gasteiger charge is 2.23. The summed E-state index contributed by atoms with van der Waals surface area (Å²) in [7, 11) is 1.61. The molecular weight excluding hydrogens is 370 g/mol. The van der Waals surface area contributed by atoms with E-state index >= 15 is 0 Å². The molecule has 0 radical (unpaired) electrons. The number of nitrogens with zero attached hydrogens (tertiary/aromatic N) is 2. The lowest BCUT2D eigenvalue weighted by Crippen LogP contribution is -2.34. The lowest BCUT2D eigenvalue weighted by Gasteiger charge is -2.24. The summed E-state index contributed by atoms with van der Waals surface area (Å²) in [6.45, 7) is 2.51. The number of carbonyl (C=O) groups is 1. The number of rotatable bonds is 4. The first-order chi connectivity index (χ1) is 14.2. The molecule has 8 nitrogen and oxygen atoms in total. The molecule has 3 aromatic heterocycles. The van der Waals surface area contributed by atoms with Gasteiger partial charge in [0.2, 0.25) is 0 Å². The maximum Gasteiger partial charge on any atom is 0.258 e. The molecule has 150 valence electrons. The number of carbonyl (C=O) groups excluding carboxylic acids is 1. The first-order valence-corrected chi connectivity index (χ1v) is 9.94. The molecular formula is C21H23N5O3. The first kappa shape index (κ1) is 17.9. The molecule has 1 saturated heterocycles. The summed E-state index contributed by atoms with van der Waals surface area (Å²) >= 11 is 0. The highest BCUT2D eigenvalue weighted by Crippen LogP contribution is 2.35. The van der Waals surface area contributed by atoms with Crippen molar-refractivity contribution in [3.8, 4) is 22.9 Å². The molecule has 0 spiro atoms. The van der Waals surface area contributed by atoms with Gasteiger partial charge in [-0.2, -0.15) is 0 Å². The fraction of sp³-hybridized carbons (Fsp3) is 0.381. The molecule has 5 heterocycles. The minimum Gasteiger partial charge on any atom is -0.491 e. The van der Waals surface area contributed by atoms with Gasteiger partial charge in [-0.05, 0) is 38.1 Å². The number of amides is 1. The molecule has 0 saturated carbocycles. The summed E-state index contributed by atoms with van der Waals surface area (Å²) in [6, 6.07) is 5.65. The van der Waals surface area contributed by atoms with Crippen molar-refractivity contribution in [3.05, 3.63) is 35.7 Å². The zero-order chi connectivity index (χ0) is 19.8. The average molecular weight is 393 g/mol. The lowest BCUT2D eigenvalue weighted by atomic mass is 10.1. The van der Waals surface area contributed by atoms with E-state index in [1.54, 1.807) is 13.3 Å². The second-order valence-electron chi connectivity index (χ2n) is 7.37. The van der Waals surface area contributed by atoms with E-state index in [9.17, 15) is 4.79 Å². The van der Waals surface area contributed by atoms with Gasteiger partial charge in [-0.3, -0.25) is 9.78 Å². The number of aromatic amines is 1. The molecule has 5 rings (SSSR count). The fourth-order valence-electron chi connectivity index (χ4n) is 3.99. The van der Waals surface area contributed by atoms with Crippen LogP contribution in [0.4, 0.5) is 0 Å². The molecule has 0 bridgehead atoms. The minimum absolute atomic E-state index is 0.0447. The third-order valence-electron chi connectivity index (χ3n) is 5.52. The molecule has 2 aliphatic rings. The molecule has 3 N–H and O–H groups in total. The van der Waals surface area contributed by atoms with Crippen LogP contribution in [0.15, 0.2) is 24.4 Å². The molecule has 0 atom stereocenters. The van der Waals surface area contributed by atoms with Crippen molar-refractivity contribution < 1.29 is 14.3 Å². The summed E-state index contributed by atoms with van der Waals surface area (Å²) < 4.78 is 11.7. The number of nitrogens with one attached hydrogen (secondary N) is 3. The van der Waals surface area contributed by atoms with Crippen LogP contribution < -0.4 is 20.1 Å². The average Bonchev–Trinajstić information content (AvgIpc) is 3.19. The second kappa shape index (κ2) is 7.36. The van der Waals surface area contributed by atoms with Crippen LogP contribution in [0.3, 0.4) is 0 Å². The van der Waals surface area contributed by atoms with Gasteiger partial charge in [-0.1, -0.05) is 0 Å². The Morgan fingerprint density at radius 3 is 2.79 bits per heavy atom. The lowest BCUT2D eigenvalue weighted by molar-refractivity contribution is 0.0946. The van der Waals surface area contributed by atoms with Crippen LogP contribution in [0.5, 0.6) is 11.6 Å². The van der Waals surface area contributed by atoms with E-state index < -0.39 is 0 Å². The SMILES string of the molecule is COc1cc2nccc(-c3cc4c([nH]3)CCNC4=O)c2nc1OC1CCNCC1. The quantitative estimate of drug-likeness (QED) is 0.627. The molecule has 2 aliphatic heterocycles. The van der Waals surface area contributed by atoms with E-state index in [1.807, 2.05) is 18.2 Å². The van der Waals surface area contributed by atoms with Crippen molar-refractivity contribution in [3.63, 3.8) is 0 Å². The van der Waals surface area contributed by atoms with Gasteiger partial charge in [-0.25, -0.2) is 4.98 Å². The van der Waals surface area contributed by atoms with E-state index in [1.165, 1.54) is 0 Å². The van der Waals surface area contributed by atoms with Gasteiger partial charge in [0, 0.05) is 42.2 Å². The predicted molar refractivity (Wildman–Crippen MR) is 108 cm³/mol. The molecule has 0 aliphatic carbocycles. The second-order valence-corrected chi connectivity index (χ2v) is 7.37. The number of H-pyrrole nitrogens is 1. The van der Waals surface area contributed by atoms with Crippen molar-refractivity contribution in [1.29, 1.82) is 0 Å². The van der Waals surface area contributed by atoms with Crippen molar-refractivity contribution in [2.24, 2.45) is 0 Å². The minimum atomic E-state index is -0.0447. The maximum absolute atomic E-state index is 12.2. The number of piperidine rings is 1. The van der Waals surface area contributed by atoms with Crippen LogP contribution in [0.25, 0.3) is 22.3 Å². The van der Waals surface area contributed by atoms with E-state index in [-0.39, 0.29) is 12.0 Å². The van der Waals surface area contributed by atoms with E-state index in [0.29, 0.717) is 29.3 Å². The van der Waals surface area contributed by atoms with Crippen LogP contribution in [0, 0.1) is 0 Å². The maximum atomic E-state index is 12.2. The molecule has 8 heteroatoms. The van der Waals surface area contributed by atoms with Gasteiger partial charge in [-0.15, -0.1) is 0 Å². The highest BCUT2D eigenvalue weighted by atomic mass is 16.5. The van der Waals surface area contributed by atoms with Crippen LogP contribution in [-0.2, 0) is 6.42 Å². The molecule has 3 aromatic rings. The Morgan fingerprint density at radius 1 is 1.14 bits per heavy atom. The van der Waals surface area contributed by atoms with E-state index in [4.69, 9.17) is 14.5 Å². The van der Waals surface area contributed by atoms with E-state index in [2.05, 4.69) is 20.6 Å². The van der Waals surface area contributed by atoms with Gasteiger partial charge < -0.3 is 25.1 Å². The monoisotopic (exact) mass is 393 g/mol. The number of ether oxygens (including phenoxy) is 2. The van der Waals surface area contributed by atoms with E-state index in [0.717, 1.165) is 54.8 Å². The van der Waals surface area contributed by atoms with Gasteiger partial charge in [0.15, 0.2) is 5.75 Å². The molecule has 0 unspecified atom stereocenters. The van der Waals surface area contributed by atoms with Crippen molar-refractivity contribution >= 4 is 16.9 Å². The Hall–Kier alpha value is -3.13. The first-order valence-electron chi connectivity index (χ1n) is 9.94. The molecule has 0 aromatic carbocycles. The standard InChI is InChI=1S/C21H23N5O3/c1-28-18-11-17-19(26-21(18)29-12-2-6-22-7-3-12)13(4-8-23-17)16-10-14-15(25-16)5-9-24-20(14)27/h4,8,10-12,22,25H,2-3,5-7,9H2,1H3,(H,24,27). The summed E-state index contributed by atoms with van der Waals surface area (Å²) in [6.07, 6.45) is 4.50. The van der Waals surface area contributed by atoms with Gasteiger partial charge in [0.1, 0.15) is 11.6 Å². The zero-order valence-electron chi connectivity index (χ0n) is 16.2. The zero-order valence-corrected chi connectivity index (χ0v) is 16.2. The topological polar surface area (TPSA) is 101 Å². The predicted octanol–water partition coefficient (Wildman–Crippen LogP) is 2.05. The molecule has 29 heavy (non-hydrogen) atoms. The largest absolute Gasteiger partial charge is 0.491 e. The van der Waals surface area contributed by atoms with Gasteiger partial charge in [0.25, 0.3) is 11.8 Å². The summed E-state index contributed by atoms with van der Waals surface area (Å²) in [4.78, 5) is 24.8. The Morgan fingerprint density at radius 2 is 2.00 bits per heavy atom. The van der Waals surface area contributed by atoms with Crippen LogP contribution in [-0.4, -0.2) is 53.7 Å². The third-order valence-corrected chi connectivity index (χ3v) is 5.52. The smallest absolute Gasteiger partial charge is 0.258 e. The number of methoxy groups -OCH3 is 1. The summed E-state index contributed by atoms with van der Waals surface area (Å²) in [5.41, 5.74) is 4.81. The Balaban J connectivity index is 1.59. The number of hydrogen-bond acceptors (Lipinski definition) is 6. The number of pyridine rings is 2. The van der Waals surface area contributed by atoms with Crippen LogP contribution in [0.1, 0.15) is 28.9 Å². The Labute approximate surface area is 168 Å². The van der Waals surface area contributed by atoms with Crippen molar-refractivity contribution in [2.75, 3.05) is 26.7 Å². The molecule has 1 fully saturated rings. The van der Waals surface area contributed by atoms with Gasteiger partial charge in [0.05, 0.1) is 18.2 Å². The van der Waals surface area contributed by atoms with Crippen LogP contribution >= 0.6 is 0 Å². The fourth-order valence-corrected chi connectivity index (χ4v) is 3.99. The van der Waals surface area contributed by atoms with Crippen molar-refractivity contribution in [1.82, 2.24) is 25.6 Å². The number of fused-ring (bicyclic) bond motifs is 2. The summed E-state index contributed by atoms with van der Waals surface area (Å²) in [5, 5.41) is 6.22. The third kappa shape index (κ3) is 3.29. The normalized spacial score (nSPS) is 17.1. The molecule has 1 amide bonds. The van der Waals surface area contributed by atoms with Crippen molar-refractivity contribution in [2.45, 2.75) is 25.4 Å². The summed E-state index contributed by atoms with van der Waals surface area (Å²) in [5.74, 6) is 1.01. The van der Waals surface area contributed by atoms with Crippen LogP contribution in [0.2, 0.25) is 0 Å². The number of hydrogen-bond donors (Lipinski definition) is 3. The number of aromatic nitrogens is 3. The van der Waals surface area contributed by atoms with Gasteiger partial charge >= 0.3 is 0 Å². The highest BCUT2D eigenvalue weighted by molar-refractivity contribution is 5.99.